The molecule has 2 heterocycles. The van der Waals surface area contributed by atoms with Crippen molar-refractivity contribution >= 4 is 43.5 Å². The minimum atomic E-state index is -3.77. The highest BCUT2D eigenvalue weighted by Gasteiger charge is 2.29. The summed E-state index contributed by atoms with van der Waals surface area (Å²) < 4.78 is 35.3. The first-order valence-corrected chi connectivity index (χ1v) is 10.9. The van der Waals surface area contributed by atoms with Crippen molar-refractivity contribution in [1.29, 1.82) is 0 Å². The highest BCUT2D eigenvalue weighted by Crippen LogP contribution is 2.31. The van der Waals surface area contributed by atoms with E-state index in [0.717, 1.165) is 24.1 Å². The molecule has 11 heteroatoms. The van der Waals surface area contributed by atoms with E-state index >= 15 is 0 Å². The van der Waals surface area contributed by atoms with Crippen molar-refractivity contribution in [3.8, 4) is 0 Å². The molecule has 1 aliphatic rings. The number of ether oxygens (including phenoxy) is 1. The summed E-state index contributed by atoms with van der Waals surface area (Å²) in [6.45, 7) is 2.01. The molecule has 0 spiro atoms. The molecule has 0 aromatic carbocycles. The highest BCUT2D eigenvalue weighted by atomic mass is 79.9. The lowest BCUT2D eigenvalue weighted by Gasteiger charge is -2.24. The summed E-state index contributed by atoms with van der Waals surface area (Å²) in [4.78, 5) is 14.8. The summed E-state index contributed by atoms with van der Waals surface area (Å²) in [5, 5.41) is 4.52. The molecule has 146 valence electrons. The van der Waals surface area contributed by atoms with Gasteiger partial charge in [0, 0.05) is 24.4 Å². The molecule has 2 aromatic rings. The van der Waals surface area contributed by atoms with Gasteiger partial charge in [-0.2, -0.15) is 5.10 Å². The lowest BCUT2D eigenvalue weighted by Crippen LogP contribution is -2.31. The normalized spacial score (nSPS) is 16.8. The Hall–Kier alpha value is -1.49. The molecule has 1 aliphatic carbocycles. The minimum absolute atomic E-state index is 0.0353. The van der Waals surface area contributed by atoms with Crippen LogP contribution in [-0.2, 0) is 32.5 Å². The Labute approximate surface area is 170 Å². The van der Waals surface area contributed by atoms with Crippen molar-refractivity contribution < 1.29 is 17.9 Å². The average molecular weight is 478 g/mol. The van der Waals surface area contributed by atoms with Crippen molar-refractivity contribution in [2.75, 3.05) is 6.61 Å². The molecule has 0 radical (unpaired) electrons. The van der Waals surface area contributed by atoms with Gasteiger partial charge in [0.2, 0.25) is 10.0 Å². The number of pyridine rings is 1. The van der Waals surface area contributed by atoms with Gasteiger partial charge < -0.3 is 4.74 Å². The Morgan fingerprint density at radius 2 is 2.26 bits per heavy atom. The second-order valence-corrected chi connectivity index (χ2v) is 9.05. The number of hydrogen-bond acceptors (Lipinski definition) is 6. The van der Waals surface area contributed by atoms with Gasteiger partial charge in [-0.1, -0.05) is 11.6 Å². The topological polar surface area (TPSA) is 103 Å². The number of fused-ring (bicyclic) bond motifs is 1. The van der Waals surface area contributed by atoms with E-state index in [-0.39, 0.29) is 28.7 Å². The van der Waals surface area contributed by atoms with E-state index in [1.165, 1.54) is 19.2 Å². The zero-order chi connectivity index (χ0) is 19.6. The summed E-state index contributed by atoms with van der Waals surface area (Å²) >= 11 is 9.03. The van der Waals surface area contributed by atoms with E-state index in [2.05, 4.69) is 30.7 Å². The number of carbonyl (C=O) groups is 1. The van der Waals surface area contributed by atoms with Crippen LogP contribution < -0.4 is 4.72 Å². The number of carbonyl (C=O) groups excluding carboxylic acids is 1. The number of halogens is 2. The number of aromatic nitrogens is 3. The third-order valence-corrected chi connectivity index (χ3v) is 6.82. The monoisotopic (exact) mass is 476 g/mol. The standard InChI is InChI=1S/C16H18BrClN4O4S/c1-10(23)26-6-5-22-15-4-2-3-14(12(15)9-20-22)21-27(24,25)11-7-13(17)16(18)19-8-11/h7-9,14,21H,2-6H2,1H3. The zero-order valence-corrected chi connectivity index (χ0v) is 17.6. The molecular weight excluding hydrogens is 460 g/mol. The van der Waals surface area contributed by atoms with Gasteiger partial charge in [-0.3, -0.25) is 9.48 Å². The highest BCUT2D eigenvalue weighted by molar-refractivity contribution is 9.10. The molecule has 0 amide bonds. The van der Waals surface area contributed by atoms with Gasteiger partial charge in [0.05, 0.1) is 23.3 Å². The van der Waals surface area contributed by atoms with Gasteiger partial charge in [-0.05, 0) is 41.3 Å². The SMILES string of the molecule is CC(=O)OCCn1ncc2c1CCCC2NS(=O)(=O)c1cnc(Cl)c(Br)c1. The molecular formula is C16H18BrClN4O4S. The van der Waals surface area contributed by atoms with Crippen molar-refractivity contribution in [3.05, 3.63) is 39.3 Å². The van der Waals surface area contributed by atoms with Crippen molar-refractivity contribution in [2.45, 2.75) is 43.7 Å². The van der Waals surface area contributed by atoms with Crippen molar-refractivity contribution in [1.82, 2.24) is 19.5 Å². The number of nitrogens with one attached hydrogen (secondary N) is 1. The van der Waals surface area contributed by atoms with Crippen LogP contribution in [0.1, 0.15) is 37.1 Å². The Balaban J connectivity index is 1.78. The van der Waals surface area contributed by atoms with Crippen LogP contribution in [0, 0.1) is 0 Å². The molecule has 2 aromatic heterocycles. The number of nitrogens with zero attached hydrogens (tertiary/aromatic N) is 3. The van der Waals surface area contributed by atoms with Gasteiger partial charge >= 0.3 is 5.97 Å². The van der Waals surface area contributed by atoms with E-state index in [1.54, 1.807) is 10.9 Å². The summed E-state index contributed by atoms with van der Waals surface area (Å²) in [5.74, 6) is -0.343. The first-order valence-electron chi connectivity index (χ1n) is 8.29. The molecule has 0 fully saturated rings. The lowest BCUT2D eigenvalue weighted by atomic mass is 9.94. The van der Waals surface area contributed by atoms with Gasteiger partial charge in [0.25, 0.3) is 0 Å². The second kappa shape index (κ2) is 8.26. The van der Waals surface area contributed by atoms with Crippen LogP contribution >= 0.6 is 27.5 Å². The van der Waals surface area contributed by atoms with E-state index < -0.39 is 10.0 Å². The van der Waals surface area contributed by atoms with Gasteiger partial charge in [-0.25, -0.2) is 18.1 Å². The van der Waals surface area contributed by atoms with Gasteiger partial charge in [0.15, 0.2) is 0 Å². The van der Waals surface area contributed by atoms with Crippen LogP contribution in [0.2, 0.25) is 5.15 Å². The van der Waals surface area contributed by atoms with Crippen LogP contribution in [0.3, 0.4) is 0 Å². The lowest BCUT2D eigenvalue weighted by molar-refractivity contribution is -0.141. The van der Waals surface area contributed by atoms with Gasteiger partial charge in [0.1, 0.15) is 16.7 Å². The average Bonchev–Trinajstić information content (AvgIpc) is 3.01. The van der Waals surface area contributed by atoms with E-state index in [1.807, 2.05) is 0 Å². The predicted octanol–water partition coefficient (Wildman–Crippen LogP) is 2.61. The number of rotatable bonds is 6. The summed E-state index contributed by atoms with van der Waals surface area (Å²) in [6, 6.07) is 1.04. The Bertz CT molecular complexity index is 963. The van der Waals surface area contributed by atoms with Crippen LogP contribution in [0.25, 0.3) is 0 Å². The predicted molar refractivity (Wildman–Crippen MR) is 102 cm³/mol. The molecule has 3 rings (SSSR count). The third-order valence-electron chi connectivity index (χ3n) is 4.25. The molecule has 8 nitrogen and oxygen atoms in total. The Morgan fingerprint density at radius 3 is 2.96 bits per heavy atom. The van der Waals surface area contributed by atoms with Crippen molar-refractivity contribution in [2.24, 2.45) is 0 Å². The maximum absolute atomic E-state index is 12.7. The van der Waals surface area contributed by atoms with Crippen LogP contribution in [0.4, 0.5) is 0 Å². The first kappa shape index (κ1) is 20.2. The molecule has 0 aliphatic heterocycles. The summed E-state index contributed by atoms with van der Waals surface area (Å²) in [7, 11) is -3.77. The van der Waals surface area contributed by atoms with Crippen molar-refractivity contribution in [3.63, 3.8) is 0 Å². The molecule has 0 bridgehead atoms. The number of sulfonamides is 1. The fourth-order valence-electron chi connectivity index (χ4n) is 3.02. The van der Waals surface area contributed by atoms with Gasteiger partial charge in [-0.15, -0.1) is 0 Å². The molecule has 0 saturated carbocycles. The molecule has 0 saturated heterocycles. The van der Waals surface area contributed by atoms with E-state index in [9.17, 15) is 13.2 Å². The first-order chi connectivity index (χ1) is 12.8. The fraction of sp³-hybridized carbons (Fsp3) is 0.438. The molecule has 27 heavy (non-hydrogen) atoms. The fourth-order valence-corrected chi connectivity index (χ4v) is 4.84. The quantitative estimate of drug-likeness (QED) is 0.507. The van der Waals surface area contributed by atoms with E-state index in [0.29, 0.717) is 17.4 Å². The van der Waals surface area contributed by atoms with Crippen LogP contribution in [-0.4, -0.2) is 35.8 Å². The maximum atomic E-state index is 12.7. The third kappa shape index (κ3) is 4.68. The molecule has 1 N–H and O–H groups in total. The second-order valence-electron chi connectivity index (χ2n) is 6.12. The minimum Gasteiger partial charge on any atom is -0.464 e. The zero-order valence-electron chi connectivity index (χ0n) is 14.5. The van der Waals surface area contributed by atoms with Crippen LogP contribution in [0.5, 0.6) is 0 Å². The van der Waals surface area contributed by atoms with E-state index in [4.69, 9.17) is 16.3 Å². The smallest absolute Gasteiger partial charge is 0.302 e. The summed E-state index contributed by atoms with van der Waals surface area (Å²) in [6.07, 6.45) is 5.18. The Kier molecular flexibility index (Phi) is 6.19. The summed E-state index contributed by atoms with van der Waals surface area (Å²) in [5.41, 5.74) is 1.80. The Morgan fingerprint density at radius 1 is 1.48 bits per heavy atom. The maximum Gasteiger partial charge on any atom is 0.302 e. The van der Waals surface area contributed by atoms with Crippen LogP contribution in [0.15, 0.2) is 27.8 Å². The largest absolute Gasteiger partial charge is 0.464 e. The molecule has 1 atom stereocenters. The number of hydrogen-bond donors (Lipinski definition) is 1. The molecule has 1 unspecified atom stereocenters. The number of esters is 1.